The first-order valence-corrected chi connectivity index (χ1v) is 10.5. The Bertz CT molecular complexity index is 644. The summed E-state index contributed by atoms with van der Waals surface area (Å²) in [5.74, 6) is 0.0288. The monoisotopic (exact) mass is 403 g/mol. The number of halogens is 1. The van der Waals surface area contributed by atoms with Gasteiger partial charge in [-0.05, 0) is 57.0 Å². The van der Waals surface area contributed by atoms with Gasteiger partial charge in [0.15, 0.2) is 0 Å². The SMILES string of the molecule is CNCCCNC(=O)CCc1ccc(S(=O)(=O)N2CCCCC2)cc1.Cl. The van der Waals surface area contributed by atoms with Crippen LogP contribution in [0.4, 0.5) is 0 Å². The average Bonchev–Trinajstić information content (AvgIpc) is 2.64. The molecule has 1 saturated heterocycles. The lowest BCUT2D eigenvalue weighted by Gasteiger charge is -2.25. The normalized spacial score (nSPS) is 15.3. The van der Waals surface area contributed by atoms with E-state index in [9.17, 15) is 13.2 Å². The molecule has 2 rings (SSSR count). The minimum atomic E-state index is -3.38. The largest absolute Gasteiger partial charge is 0.356 e. The third-order valence-corrected chi connectivity index (χ3v) is 6.36. The first kappa shape index (κ1) is 22.9. The van der Waals surface area contributed by atoms with E-state index in [0.29, 0.717) is 37.4 Å². The molecule has 0 atom stereocenters. The molecule has 0 saturated carbocycles. The Labute approximate surface area is 163 Å². The summed E-state index contributed by atoms with van der Waals surface area (Å²) >= 11 is 0. The van der Waals surface area contributed by atoms with Gasteiger partial charge in [0, 0.05) is 26.1 Å². The van der Waals surface area contributed by atoms with Gasteiger partial charge in [0.05, 0.1) is 4.90 Å². The fourth-order valence-corrected chi connectivity index (χ4v) is 4.44. The number of rotatable bonds is 9. The molecule has 1 aromatic rings. The molecule has 1 aliphatic rings. The third kappa shape index (κ3) is 6.87. The number of carbonyl (C=O) groups is 1. The van der Waals surface area contributed by atoms with Gasteiger partial charge < -0.3 is 10.6 Å². The molecule has 0 aliphatic carbocycles. The van der Waals surface area contributed by atoms with Crippen molar-refractivity contribution >= 4 is 28.3 Å². The standard InChI is InChI=1S/C18H29N3O3S.ClH/c1-19-12-5-13-20-18(22)11-8-16-6-9-17(10-7-16)25(23,24)21-14-3-2-4-15-21;/h6-7,9-10,19H,2-5,8,11-15H2,1H3,(H,20,22);1H. The van der Waals surface area contributed by atoms with E-state index in [1.807, 2.05) is 19.2 Å². The van der Waals surface area contributed by atoms with Crippen molar-refractivity contribution in [3.05, 3.63) is 29.8 Å². The number of nitrogens with zero attached hydrogens (tertiary/aromatic N) is 1. The molecule has 1 fully saturated rings. The van der Waals surface area contributed by atoms with Crippen LogP contribution in [0.5, 0.6) is 0 Å². The zero-order valence-electron chi connectivity index (χ0n) is 15.4. The van der Waals surface area contributed by atoms with E-state index in [4.69, 9.17) is 0 Å². The predicted octanol–water partition coefficient (Wildman–Crippen LogP) is 1.94. The van der Waals surface area contributed by atoms with Crippen molar-refractivity contribution in [2.24, 2.45) is 0 Å². The molecule has 8 heteroatoms. The molecule has 1 aliphatic heterocycles. The minimum absolute atomic E-state index is 0. The second-order valence-electron chi connectivity index (χ2n) is 6.42. The van der Waals surface area contributed by atoms with Crippen molar-refractivity contribution in [3.63, 3.8) is 0 Å². The molecule has 1 amide bonds. The van der Waals surface area contributed by atoms with Gasteiger partial charge in [0.2, 0.25) is 15.9 Å². The number of amides is 1. The highest BCUT2D eigenvalue weighted by Crippen LogP contribution is 2.21. The van der Waals surface area contributed by atoms with Crippen molar-refractivity contribution < 1.29 is 13.2 Å². The number of sulfonamides is 1. The molecule has 148 valence electrons. The van der Waals surface area contributed by atoms with Crippen LogP contribution in [0.2, 0.25) is 0 Å². The van der Waals surface area contributed by atoms with E-state index in [2.05, 4.69) is 10.6 Å². The van der Waals surface area contributed by atoms with E-state index in [1.165, 1.54) is 0 Å². The number of nitrogens with one attached hydrogen (secondary N) is 2. The number of benzene rings is 1. The highest BCUT2D eigenvalue weighted by Gasteiger charge is 2.25. The smallest absolute Gasteiger partial charge is 0.243 e. The topological polar surface area (TPSA) is 78.5 Å². The highest BCUT2D eigenvalue weighted by atomic mass is 35.5. The highest BCUT2D eigenvalue weighted by molar-refractivity contribution is 7.89. The van der Waals surface area contributed by atoms with Crippen LogP contribution in [0.25, 0.3) is 0 Å². The summed E-state index contributed by atoms with van der Waals surface area (Å²) in [6, 6.07) is 6.93. The van der Waals surface area contributed by atoms with Crippen LogP contribution in [0.3, 0.4) is 0 Å². The van der Waals surface area contributed by atoms with Crippen molar-refractivity contribution in [2.45, 2.75) is 43.4 Å². The molecule has 1 aromatic carbocycles. The maximum Gasteiger partial charge on any atom is 0.243 e. The van der Waals surface area contributed by atoms with Gasteiger partial charge in [-0.3, -0.25) is 4.79 Å². The second kappa shape index (κ2) is 11.5. The van der Waals surface area contributed by atoms with Crippen LogP contribution in [0, 0.1) is 0 Å². The fraction of sp³-hybridized carbons (Fsp3) is 0.611. The Kier molecular flexibility index (Phi) is 10.2. The average molecular weight is 404 g/mol. The molecular formula is C18H30ClN3O3S. The molecule has 1 heterocycles. The van der Waals surface area contributed by atoms with Crippen molar-refractivity contribution in [1.29, 1.82) is 0 Å². The summed E-state index contributed by atoms with van der Waals surface area (Å²) < 4.78 is 26.8. The van der Waals surface area contributed by atoms with Crippen LogP contribution in [0.15, 0.2) is 29.2 Å². The Morgan fingerprint density at radius 3 is 2.35 bits per heavy atom. The van der Waals surface area contributed by atoms with Gasteiger partial charge >= 0.3 is 0 Å². The fourth-order valence-electron chi connectivity index (χ4n) is 2.92. The van der Waals surface area contributed by atoms with Crippen LogP contribution in [-0.2, 0) is 21.2 Å². The molecule has 0 aromatic heterocycles. The Balaban J connectivity index is 0.00000338. The molecule has 0 bridgehead atoms. The minimum Gasteiger partial charge on any atom is -0.356 e. The van der Waals surface area contributed by atoms with Crippen molar-refractivity contribution in [1.82, 2.24) is 14.9 Å². The number of hydrogen-bond acceptors (Lipinski definition) is 4. The zero-order valence-corrected chi connectivity index (χ0v) is 17.0. The maximum absolute atomic E-state index is 12.6. The molecule has 6 nitrogen and oxygen atoms in total. The maximum atomic E-state index is 12.6. The molecule has 26 heavy (non-hydrogen) atoms. The zero-order chi connectivity index (χ0) is 18.1. The summed E-state index contributed by atoms with van der Waals surface area (Å²) in [5, 5.41) is 5.92. The third-order valence-electron chi connectivity index (χ3n) is 4.44. The molecule has 0 radical (unpaired) electrons. The second-order valence-corrected chi connectivity index (χ2v) is 8.35. The summed E-state index contributed by atoms with van der Waals surface area (Å²) in [5.41, 5.74) is 0.975. The summed E-state index contributed by atoms with van der Waals surface area (Å²) in [4.78, 5) is 12.1. The lowest BCUT2D eigenvalue weighted by Crippen LogP contribution is -2.35. The van der Waals surface area contributed by atoms with E-state index >= 15 is 0 Å². The Morgan fingerprint density at radius 2 is 1.73 bits per heavy atom. The van der Waals surface area contributed by atoms with E-state index < -0.39 is 10.0 Å². The van der Waals surface area contributed by atoms with E-state index in [1.54, 1.807) is 16.4 Å². The number of aryl methyl sites for hydroxylation is 1. The lowest BCUT2D eigenvalue weighted by molar-refractivity contribution is -0.121. The van der Waals surface area contributed by atoms with Crippen LogP contribution in [-0.4, -0.2) is 51.9 Å². The Hall–Kier alpha value is -1.15. The van der Waals surface area contributed by atoms with Gasteiger partial charge in [0.1, 0.15) is 0 Å². The summed E-state index contributed by atoms with van der Waals surface area (Å²) in [7, 11) is -1.49. The molecule has 0 spiro atoms. The number of carbonyl (C=O) groups excluding carboxylic acids is 1. The van der Waals surface area contributed by atoms with Crippen LogP contribution >= 0.6 is 12.4 Å². The quantitative estimate of drug-likeness (QED) is 0.617. The number of hydrogen-bond donors (Lipinski definition) is 2. The van der Waals surface area contributed by atoms with E-state index in [-0.39, 0.29) is 18.3 Å². The Morgan fingerprint density at radius 1 is 1.08 bits per heavy atom. The first-order valence-electron chi connectivity index (χ1n) is 9.04. The van der Waals surface area contributed by atoms with Crippen LogP contribution in [0.1, 0.15) is 37.7 Å². The summed E-state index contributed by atoms with van der Waals surface area (Å²) in [6.07, 6.45) is 4.90. The molecule has 0 unspecified atom stereocenters. The lowest BCUT2D eigenvalue weighted by atomic mass is 10.1. The molecule has 2 N–H and O–H groups in total. The van der Waals surface area contributed by atoms with Gasteiger partial charge in [-0.15, -0.1) is 12.4 Å². The van der Waals surface area contributed by atoms with E-state index in [0.717, 1.165) is 37.8 Å². The van der Waals surface area contributed by atoms with Crippen LogP contribution < -0.4 is 10.6 Å². The van der Waals surface area contributed by atoms with Gasteiger partial charge in [0.25, 0.3) is 0 Å². The predicted molar refractivity (Wildman–Crippen MR) is 106 cm³/mol. The molecular weight excluding hydrogens is 374 g/mol. The van der Waals surface area contributed by atoms with Crippen molar-refractivity contribution in [3.8, 4) is 0 Å². The number of piperidine rings is 1. The van der Waals surface area contributed by atoms with Gasteiger partial charge in [-0.1, -0.05) is 18.6 Å². The first-order chi connectivity index (χ1) is 12.0. The summed E-state index contributed by atoms with van der Waals surface area (Å²) in [6.45, 7) is 2.77. The van der Waals surface area contributed by atoms with Crippen molar-refractivity contribution in [2.75, 3.05) is 33.2 Å². The van der Waals surface area contributed by atoms with Gasteiger partial charge in [-0.25, -0.2) is 8.42 Å². The van der Waals surface area contributed by atoms with Gasteiger partial charge in [-0.2, -0.15) is 4.31 Å².